The normalized spacial score (nSPS) is 17.7. The molecule has 1 unspecified atom stereocenters. The fourth-order valence-corrected chi connectivity index (χ4v) is 3.26. The van der Waals surface area contributed by atoms with Crippen LogP contribution in [0.25, 0.3) is 0 Å². The van der Waals surface area contributed by atoms with Crippen molar-refractivity contribution < 1.29 is 0 Å². The number of hydrogen-bond acceptors (Lipinski definition) is 4. The molecule has 0 radical (unpaired) electrons. The molecule has 0 bridgehead atoms. The first kappa shape index (κ1) is 15.2. The Balaban J connectivity index is 1.67. The summed E-state index contributed by atoms with van der Waals surface area (Å²) in [5.74, 6) is 0. The molecule has 2 aromatic heterocycles. The second-order valence-electron chi connectivity index (χ2n) is 6.12. The van der Waals surface area contributed by atoms with Crippen molar-refractivity contribution in [2.75, 3.05) is 13.6 Å². The Hall–Kier alpha value is -1.72. The van der Waals surface area contributed by atoms with Gasteiger partial charge in [0.2, 0.25) is 0 Å². The highest BCUT2D eigenvalue weighted by Crippen LogP contribution is 2.32. The first-order valence-electron chi connectivity index (χ1n) is 8.12. The number of nitrogens with zero attached hydrogens (tertiary/aromatic N) is 4. The van der Waals surface area contributed by atoms with E-state index in [1.54, 1.807) is 0 Å². The summed E-state index contributed by atoms with van der Waals surface area (Å²) in [7, 11) is 2.17. The summed E-state index contributed by atoms with van der Waals surface area (Å²) in [5.41, 5.74) is 9.32. The van der Waals surface area contributed by atoms with Gasteiger partial charge in [-0.15, -0.1) is 0 Å². The molecule has 118 valence electrons. The maximum Gasteiger partial charge on any atom is 0.0949 e. The molecule has 0 fully saturated rings. The van der Waals surface area contributed by atoms with Crippen LogP contribution in [0.3, 0.4) is 0 Å². The lowest BCUT2D eigenvalue weighted by molar-refractivity contribution is 0.206. The van der Waals surface area contributed by atoms with Crippen molar-refractivity contribution in [3.63, 3.8) is 0 Å². The third-order valence-corrected chi connectivity index (χ3v) is 4.42. The Morgan fingerprint density at radius 2 is 2.32 bits per heavy atom. The van der Waals surface area contributed by atoms with Crippen molar-refractivity contribution in [1.29, 1.82) is 0 Å². The maximum atomic E-state index is 5.56. The Morgan fingerprint density at radius 3 is 3.18 bits per heavy atom. The standard InChI is InChI=1S/C17H25N5/c1-21(11-15-12-22(13-20-15)10-4-8-18)16-7-2-5-14-6-3-9-19-17(14)16/h3,6,9,12-13,16H,2,4-5,7-8,10-11,18H2,1H3. The Kier molecular flexibility index (Phi) is 4.85. The minimum atomic E-state index is 0.402. The summed E-state index contributed by atoms with van der Waals surface area (Å²) in [6.45, 7) is 2.52. The summed E-state index contributed by atoms with van der Waals surface area (Å²) in [4.78, 5) is 11.5. The SMILES string of the molecule is CN(Cc1cn(CCCN)cn1)C1CCCc2cccnc21. The second-order valence-corrected chi connectivity index (χ2v) is 6.12. The van der Waals surface area contributed by atoms with E-state index in [4.69, 9.17) is 5.73 Å². The lowest BCUT2D eigenvalue weighted by Gasteiger charge is -2.31. The van der Waals surface area contributed by atoms with Crippen molar-refractivity contribution in [3.8, 4) is 0 Å². The van der Waals surface area contributed by atoms with Gasteiger partial charge in [-0.1, -0.05) is 6.07 Å². The van der Waals surface area contributed by atoms with Gasteiger partial charge >= 0.3 is 0 Å². The number of hydrogen-bond donors (Lipinski definition) is 1. The molecule has 1 aliphatic carbocycles. The van der Waals surface area contributed by atoms with Gasteiger partial charge in [-0.25, -0.2) is 4.98 Å². The van der Waals surface area contributed by atoms with Crippen LogP contribution in [0.15, 0.2) is 30.9 Å². The molecule has 0 aliphatic heterocycles. The number of pyridine rings is 1. The summed E-state index contributed by atoms with van der Waals surface area (Å²) >= 11 is 0. The number of imidazole rings is 1. The lowest BCUT2D eigenvalue weighted by Crippen LogP contribution is -2.28. The van der Waals surface area contributed by atoms with E-state index in [-0.39, 0.29) is 0 Å². The van der Waals surface area contributed by atoms with Crippen molar-refractivity contribution in [3.05, 3.63) is 47.8 Å². The van der Waals surface area contributed by atoms with Gasteiger partial charge < -0.3 is 10.3 Å². The van der Waals surface area contributed by atoms with Gasteiger partial charge in [0.05, 0.1) is 23.8 Å². The van der Waals surface area contributed by atoms with Gasteiger partial charge in [0, 0.05) is 25.5 Å². The van der Waals surface area contributed by atoms with Gasteiger partial charge in [-0.2, -0.15) is 0 Å². The topological polar surface area (TPSA) is 60.0 Å². The van der Waals surface area contributed by atoms with Gasteiger partial charge in [0.1, 0.15) is 0 Å². The number of fused-ring (bicyclic) bond motifs is 1. The average Bonchev–Trinajstić information content (AvgIpc) is 2.99. The minimum Gasteiger partial charge on any atom is -0.337 e. The van der Waals surface area contributed by atoms with Gasteiger partial charge in [0.25, 0.3) is 0 Å². The molecule has 0 aromatic carbocycles. The third kappa shape index (κ3) is 3.36. The van der Waals surface area contributed by atoms with Gasteiger partial charge in [0.15, 0.2) is 0 Å². The van der Waals surface area contributed by atoms with Crippen molar-refractivity contribution in [2.24, 2.45) is 5.73 Å². The van der Waals surface area contributed by atoms with Crippen LogP contribution in [0, 0.1) is 0 Å². The molecule has 0 saturated heterocycles. The number of nitrogens with two attached hydrogens (primary N) is 1. The first-order chi connectivity index (χ1) is 10.8. The largest absolute Gasteiger partial charge is 0.337 e. The molecule has 0 saturated carbocycles. The first-order valence-corrected chi connectivity index (χ1v) is 8.12. The molecule has 5 nitrogen and oxygen atoms in total. The monoisotopic (exact) mass is 299 g/mol. The molecule has 3 rings (SSSR count). The highest BCUT2D eigenvalue weighted by molar-refractivity contribution is 5.25. The molecule has 5 heteroatoms. The van der Waals surface area contributed by atoms with Crippen molar-refractivity contribution >= 4 is 0 Å². The zero-order valence-electron chi connectivity index (χ0n) is 13.3. The fraction of sp³-hybridized carbons (Fsp3) is 0.529. The van der Waals surface area contributed by atoms with E-state index in [9.17, 15) is 0 Å². The Bertz CT molecular complexity index is 607. The molecule has 2 heterocycles. The minimum absolute atomic E-state index is 0.402. The van der Waals surface area contributed by atoms with E-state index in [0.717, 1.165) is 38.2 Å². The Morgan fingerprint density at radius 1 is 1.41 bits per heavy atom. The van der Waals surface area contributed by atoms with Crippen LogP contribution in [0.2, 0.25) is 0 Å². The quantitative estimate of drug-likeness (QED) is 0.888. The number of aromatic nitrogens is 3. The second kappa shape index (κ2) is 7.03. The molecule has 2 N–H and O–H groups in total. The van der Waals surface area contributed by atoms with E-state index in [0.29, 0.717) is 6.04 Å². The van der Waals surface area contributed by atoms with E-state index in [1.165, 1.54) is 24.1 Å². The summed E-state index contributed by atoms with van der Waals surface area (Å²) < 4.78 is 2.13. The summed E-state index contributed by atoms with van der Waals surface area (Å²) in [6.07, 6.45) is 10.5. The van der Waals surface area contributed by atoms with E-state index >= 15 is 0 Å². The van der Waals surface area contributed by atoms with E-state index < -0.39 is 0 Å². The summed E-state index contributed by atoms with van der Waals surface area (Å²) in [5, 5.41) is 0. The molecule has 1 aliphatic rings. The molecule has 2 aromatic rings. The summed E-state index contributed by atoms with van der Waals surface area (Å²) in [6, 6.07) is 4.66. The van der Waals surface area contributed by atoms with Crippen LogP contribution in [-0.2, 0) is 19.5 Å². The van der Waals surface area contributed by atoms with Crippen molar-refractivity contribution in [2.45, 2.75) is 44.8 Å². The highest BCUT2D eigenvalue weighted by Gasteiger charge is 2.25. The van der Waals surface area contributed by atoms with Crippen LogP contribution in [0.5, 0.6) is 0 Å². The molecule has 1 atom stereocenters. The third-order valence-electron chi connectivity index (χ3n) is 4.42. The van der Waals surface area contributed by atoms with Crippen LogP contribution in [-0.4, -0.2) is 33.0 Å². The van der Waals surface area contributed by atoms with Gasteiger partial charge in [-0.05, 0) is 50.9 Å². The Labute approximate surface area is 132 Å². The predicted octanol–water partition coefficient (Wildman–Crippen LogP) is 2.14. The molecular weight excluding hydrogens is 274 g/mol. The molecule has 22 heavy (non-hydrogen) atoms. The number of aryl methyl sites for hydroxylation is 2. The zero-order chi connectivity index (χ0) is 15.4. The zero-order valence-corrected chi connectivity index (χ0v) is 13.3. The van der Waals surface area contributed by atoms with Crippen LogP contribution in [0.4, 0.5) is 0 Å². The predicted molar refractivity (Wildman–Crippen MR) is 87.3 cm³/mol. The molecule has 0 spiro atoms. The van der Waals surface area contributed by atoms with Crippen LogP contribution >= 0.6 is 0 Å². The van der Waals surface area contributed by atoms with Crippen molar-refractivity contribution in [1.82, 2.24) is 19.4 Å². The van der Waals surface area contributed by atoms with E-state index in [2.05, 4.69) is 38.7 Å². The smallest absolute Gasteiger partial charge is 0.0949 e. The highest BCUT2D eigenvalue weighted by atomic mass is 15.2. The molecule has 0 amide bonds. The maximum absolute atomic E-state index is 5.56. The molecular formula is C17H25N5. The fourth-order valence-electron chi connectivity index (χ4n) is 3.26. The van der Waals surface area contributed by atoms with Crippen LogP contribution < -0.4 is 5.73 Å². The van der Waals surface area contributed by atoms with Gasteiger partial charge in [-0.3, -0.25) is 9.88 Å². The van der Waals surface area contributed by atoms with E-state index in [1.807, 2.05) is 18.6 Å². The number of rotatable bonds is 6. The van der Waals surface area contributed by atoms with Crippen LogP contribution in [0.1, 0.15) is 42.3 Å². The average molecular weight is 299 g/mol. The lowest BCUT2D eigenvalue weighted by atomic mass is 9.91.